The van der Waals surface area contributed by atoms with Crippen LogP contribution in [-0.4, -0.2) is 74.1 Å². The van der Waals surface area contributed by atoms with Gasteiger partial charge in [0.25, 0.3) is 0 Å². The zero-order chi connectivity index (χ0) is 37.0. The maximum Gasteiger partial charge on any atom is 0.239 e. The van der Waals surface area contributed by atoms with E-state index in [0.29, 0.717) is 12.2 Å². The molecule has 4 aromatic rings. The molecular formula is C42H49BrN2O6. The third kappa shape index (κ3) is 6.30. The van der Waals surface area contributed by atoms with Crippen LogP contribution in [-0.2, 0) is 24.7 Å². The zero-order valence-corrected chi connectivity index (χ0v) is 32.3. The first kappa shape index (κ1) is 37.1. The van der Waals surface area contributed by atoms with Gasteiger partial charge in [-0.1, -0.05) is 129 Å². The molecule has 3 saturated heterocycles. The van der Waals surface area contributed by atoms with Crippen molar-refractivity contribution in [2.75, 3.05) is 13.2 Å². The largest absolute Gasteiger partial charge is 0.382 e. The fourth-order valence-electron chi connectivity index (χ4n) is 8.26. The molecule has 270 valence electrons. The summed E-state index contributed by atoms with van der Waals surface area (Å²) < 4.78 is 11.7. The average Bonchev–Trinajstić information content (AvgIpc) is 3.69. The van der Waals surface area contributed by atoms with Crippen LogP contribution in [0.3, 0.4) is 0 Å². The van der Waals surface area contributed by atoms with E-state index in [1.807, 2.05) is 140 Å². The molecular weight excluding hydrogens is 708 g/mol. The second-order valence-corrected chi connectivity index (χ2v) is 16.6. The number of ether oxygens (including phenoxy) is 2. The first-order chi connectivity index (χ1) is 24.0. The second-order valence-electron chi connectivity index (χ2n) is 15.6. The van der Waals surface area contributed by atoms with Crippen LogP contribution in [0.15, 0.2) is 84.9 Å². The van der Waals surface area contributed by atoms with Crippen molar-refractivity contribution in [1.29, 1.82) is 0 Å². The molecule has 1 N–H and O–H groups in total. The number of hydrogen-bond donors (Lipinski definition) is 1. The molecule has 5 atom stereocenters. The lowest BCUT2D eigenvalue weighted by Gasteiger charge is -2.35. The summed E-state index contributed by atoms with van der Waals surface area (Å²) in [5.74, 6) is -0.542. The summed E-state index contributed by atoms with van der Waals surface area (Å²) in [7, 11) is 0. The van der Waals surface area contributed by atoms with E-state index in [0.717, 1.165) is 27.1 Å². The zero-order valence-electron chi connectivity index (χ0n) is 30.7. The monoisotopic (exact) mass is 756 g/mol. The summed E-state index contributed by atoms with van der Waals surface area (Å²) >= 11 is 3.48. The molecule has 0 aliphatic carbocycles. The number of fused-ring (bicyclic) bond motifs is 3. The molecule has 0 aromatic heterocycles. The number of carbonyl (C=O) groups is 3. The Kier molecular flexibility index (Phi) is 10.00. The highest BCUT2D eigenvalue weighted by atomic mass is 79.9. The van der Waals surface area contributed by atoms with Crippen LogP contribution in [0.25, 0.3) is 21.5 Å². The van der Waals surface area contributed by atoms with E-state index in [2.05, 4.69) is 15.9 Å². The molecule has 2 amide bonds. The average molecular weight is 758 g/mol. The molecule has 2 unspecified atom stereocenters. The van der Waals surface area contributed by atoms with E-state index >= 15 is 0 Å². The maximum absolute atomic E-state index is 13.4. The summed E-state index contributed by atoms with van der Waals surface area (Å²) in [6, 6.07) is 26.5. The molecule has 3 aliphatic rings. The highest BCUT2D eigenvalue weighted by molar-refractivity contribution is 9.10. The van der Waals surface area contributed by atoms with Gasteiger partial charge in [0, 0.05) is 5.56 Å². The third-order valence-electron chi connectivity index (χ3n) is 10.8. The minimum Gasteiger partial charge on any atom is -0.382 e. The predicted molar refractivity (Wildman–Crippen MR) is 203 cm³/mol. The van der Waals surface area contributed by atoms with Crippen LogP contribution in [0.1, 0.15) is 71.3 Å². The van der Waals surface area contributed by atoms with Crippen LogP contribution >= 0.6 is 15.9 Å². The minimum absolute atomic E-state index is 0.0158. The van der Waals surface area contributed by atoms with Crippen LogP contribution in [0.2, 0.25) is 0 Å². The molecule has 51 heavy (non-hydrogen) atoms. The van der Waals surface area contributed by atoms with Crippen LogP contribution in [0.5, 0.6) is 0 Å². The fraction of sp³-hybridized carbons (Fsp3) is 0.452. The Labute approximate surface area is 309 Å². The van der Waals surface area contributed by atoms with Gasteiger partial charge in [-0.3, -0.25) is 14.4 Å². The maximum atomic E-state index is 13.4. The van der Waals surface area contributed by atoms with Gasteiger partial charge in [0.05, 0.1) is 30.0 Å². The number of Topliss-reactive ketones (excluding diaryl/α,β-unsaturated/α-hetero) is 1. The molecule has 3 aliphatic heterocycles. The Hall–Kier alpha value is -3.63. The topological polar surface area (TPSA) is 96.4 Å². The van der Waals surface area contributed by atoms with Gasteiger partial charge < -0.3 is 24.4 Å². The van der Waals surface area contributed by atoms with Gasteiger partial charge in [0.1, 0.15) is 23.1 Å². The number of amides is 2. The minimum atomic E-state index is -1.26. The highest BCUT2D eigenvalue weighted by Gasteiger charge is 2.66. The van der Waals surface area contributed by atoms with Crippen LogP contribution < -0.4 is 0 Å². The van der Waals surface area contributed by atoms with Gasteiger partial charge in [0.2, 0.25) is 11.8 Å². The number of hydrogen-bond acceptors (Lipinski definition) is 6. The third-order valence-corrected chi connectivity index (χ3v) is 12.2. The second kappa shape index (κ2) is 13.7. The van der Waals surface area contributed by atoms with Gasteiger partial charge in [0.15, 0.2) is 5.78 Å². The van der Waals surface area contributed by atoms with Crippen molar-refractivity contribution >= 4 is 55.1 Å². The smallest absolute Gasteiger partial charge is 0.239 e. The summed E-state index contributed by atoms with van der Waals surface area (Å²) in [5.41, 5.74) is -1.32. The molecule has 3 heterocycles. The van der Waals surface area contributed by atoms with Crippen molar-refractivity contribution in [2.24, 2.45) is 17.8 Å². The first-order valence-corrected chi connectivity index (χ1v) is 18.7. The number of aliphatic hydroxyl groups is 1. The lowest BCUT2D eigenvalue weighted by Crippen LogP contribution is -2.53. The molecule has 8 nitrogen and oxygen atoms in total. The lowest BCUT2D eigenvalue weighted by molar-refractivity contribution is -0.148. The number of rotatable bonds is 6. The van der Waals surface area contributed by atoms with E-state index in [1.165, 1.54) is 0 Å². The van der Waals surface area contributed by atoms with E-state index in [1.54, 1.807) is 9.80 Å². The SMILES string of the molecule is CC(C)C(Br)C(=O)N1[C@@H](C(=O)c2cccc3ccccc23)COC1(C)C.CC(C)[C@H]1C(=O)N2C(COC2(C)C)[C@]1(O)c1cccc2ccccc12. The first-order valence-electron chi connectivity index (χ1n) is 17.8. The number of benzene rings is 4. The molecule has 3 fully saturated rings. The Morgan fingerprint density at radius 3 is 1.96 bits per heavy atom. The number of halogens is 1. The molecule has 0 bridgehead atoms. The standard InChI is InChI=1S/C21H24BrNO3.C21H25NO3/c1-13(2)18(22)20(25)23-17(12-26-21(23,3)4)19(24)16-11-7-9-14-8-5-6-10-15(14)16;1-13(2)18-19(23)22-17(12-25-20(22,3)4)21(18,24)16-11-7-9-14-8-5-6-10-15(14)16/h5-11,13,17-18H,12H2,1-4H3;5-11,13,17-18,24H,12H2,1-4H3/t17-,18?;17?,18-,21+/m10/s1. The van der Waals surface area contributed by atoms with E-state index in [-0.39, 0.29) is 46.9 Å². The van der Waals surface area contributed by atoms with E-state index in [4.69, 9.17) is 9.47 Å². The van der Waals surface area contributed by atoms with Gasteiger partial charge in [-0.25, -0.2) is 0 Å². The Bertz CT molecular complexity index is 1960. The highest BCUT2D eigenvalue weighted by Crippen LogP contribution is 2.53. The van der Waals surface area contributed by atoms with Gasteiger partial charge >= 0.3 is 0 Å². The Morgan fingerprint density at radius 1 is 0.784 bits per heavy atom. The van der Waals surface area contributed by atoms with Gasteiger partial charge in [-0.05, 0) is 66.6 Å². The summed E-state index contributed by atoms with van der Waals surface area (Å²) in [5, 5.41) is 16.0. The summed E-state index contributed by atoms with van der Waals surface area (Å²) in [6.07, 6.45) is 0. The van der Waals surface area contributed by atoms with Crippen molar-refractivity contribution in [1.82, 2.24) is 9.80 Å². The van der Waals surface area contributed by atoms with Gasteiger partial charge in [-0.15, -0.1) is 0 Å². The van der Waals surface area contributed by atoms with Crippen LogP contribution in [0, 0.1) is 17.8 Å². The lowest BCUT2D eigenvalue weighted by atomic mass is 9.73. The van der Waals surface area contributed by atoms with Gasteiger partial charge in [-0.2, -0.15) is 0 Å². The molecule has 4 aromatic carbocycles. The van der Waals surface area contributed by atoms with Crippen molar-refractivity contribution in [3.05, 3.63) is 96.1 Å². The van der Waals surface area contributed by atoms with Crippen molar-refractivity contribution < 1.29 is 29.0 Å². The number of carbonyl (C=O) groups excluding carboxylic acids is 3. The van der Waals surface area contributed by atoms with Crippen LogP contribution in [0.4, 0.5) is 0 Å². The van der Waals surface area contributed by atoms with Crippen molar-refractivity contribution in [3.8, 4) is 0 Å². The Balaban J connectivity index is 0.000000176. The molecule has 9 heteroatoms. The Morgan fingerprint density at radius 2 is 1.33 bits per heavy atom. The van der Waals surface area contributed by atoms with Crippen molar-refractivity contribution in [3.63, 3.8) is 0 Å². The number of nitrogens with zero attached hydrogens (tertiary/aromatic N) is 2. The molecule has 0 saturated carbocycles. The van der Waals surface area contributed by atoms with Crippen molar-refractivity contribution in [2.45, 2.75) is 89.4 Å². The molecule has 7 rings (SSSR count). The number of alkyl halides is 1. The van der Waals surface area contributed by atoms with E-state index < -0.39 is 29.0 Å². The molecule has 0 radical (unpaired) electrons. The molecule has 0 spiro atoms. The number of ketones is 1. The fourth-order valence-corrected chi connectivity index (χ4v) is 8.48. The quantitative estimate of drug-likeness (QED) is 0.160. The predicted octanol–water partition coefficient (Wildman–Crippen LogP) is 7.68. The summed E-state index contributed by atoms with van der Waals surface area (Å²) in [6.45, 7) is 16.0. The summed E-state index contributed by atoms with van der Waals surface area (Å²) in [4.78, 5) is 42.7. The van der Waals surface area contributed by atoms with E-state index in [9.17, 15) is 19.5 Å². The normalized spacial score (nSPS) is 25.7.